The first-order chi connectivity index (χ1) is 43.6. The summed E-state index contributed by atoms with van der Waals surface area (Å²) in [5.41, 5.74) is 18.3. The maximum Gasteiger partial charge on any atom is 0.145 e. The van der Waals surface area contributed by atoms with Crippen molar-refractivity contribution in [2.24, 2.45) is 0 Å². The van der Waals surface area contributed by atoms with Crippen LogP contribution in [0.15, 0.2) is 274 Å². The smallest absolute Gasteiger partial charge is 0.145 e. The van der Waals surface area contributed by atoms with Gasteiger partial charge in [-0.15, -0.1) is 0 Å². The van der Waals surface area contributed by atoms with E-state index >= 15 is 0 Å². The van der Waals surface area contributed by atoms with E-state index in [1.807, 2.05) is 66.7 Å². The van der Waals surface area contributed by atoms with Crippen LogP contribution < -0.4 is 0 Å². The first-order valence-corrected chi connectivity index (χ1v) is 29.4. The summed E-state index contributed by atoms with van der Waals surface area (Å²) >= 11 is 0. The minimum atomic E-state index is 0.304. The van der Waals surface area contributed by atoms with Crippen molar-refractivity contribution < 1.29 is 13.3 Å². The number of nitrogens with zero attached hydrogens (tertiary/aromatic N) is 5. The quantitative estimate of drug-likeness (QED) is 0.165. The van der Waals surface area contributed by atoms with E-state index in [1.165, 1.54) is 0 Å². The molecule has 0 spiro atoms. The highest BCUT2D eigenvalue weighted by atomic mass is 16.3. The van der Waals surface area contributed by atoms with Crippen LogP contribution in [0.5, 0.6) is 0 Å². The van der Waals surface area contributed by atoms with Crippen molar-refractivity contribution in [3.05, 3.63) is 272 Å². The molecule has 0 N–H and O–H groups in total. The van der Waals surface area contributed by atoms with Gasteiger partial charge < -0.3 is 27.0 Å². The highest BCUT2D eigenvalue weighted by Crippen LogP contribution is 2.51. The summed E-state index contributed by atoms with van der Waals surface area (Å²) in [6.45, 7) is 0. The Morgan fingerprint density at radius 3 is 0.864 bits per heavy atom. The molecule has 0 fully saturated rings. The highest BCUT2D eigenvalue weighted by Gasteiger charge is 2.33. The van der Waals surface area contributed by atoms with E-state index in [-0.39, 0.29) is 0 Å². The molecule has 0 aliphatic rings. The van der Waals surface area contributed by atoms with Crippen LogP contribution in [-0.2, 0) is 0 Å². The molecule has 19 aromatic rings. The van der Waals surface area contributed by atoms with Gasteiger partial charge in [-0.3, -0.25) is 0 Å². The van der Waals surface area contributed by atoms with Gasteiger partial charge in [0.05, 0.1) is 77.4 Å². The fourth-order valence-electron chi connectivity index (χ4n) is 14.5. The molecule has 0 aliphatic heterocycles. The van der Waals surface area contributed by atoms with E-state index in [9.17, 15) is 10.5 Å². The van der Waals surface area contributed by atoms with Crippen LogP contribution in [0.2, 0.25) is 0 Å². The zero-order valence-electron chi connectivity index (χ0n) is 46.8. The van der Waals surface area contributed by atoms with Crippen molar-refractivity contribution in [2.75, 3.05) is 0 Å². The van der Waals surface area contributed by atoms with Crippen LogP contribution in [0, 0.1) is 22.7 Å². The van der Waals surface area contributed by atoms with Crippen molar-refractivity contribution in [3.63, 3.8) is 0 Å². The molecule has 0 amide bonds. The summed E-state index contributed by atoms with van der Waals surface area (Å²) < 4.78 is 27.9. The third kappa shape index (κ3) is 6.60. The molecule has 8 heteroatoms. The van der Waals surface area contributed by atoms with E-state index in [0.717, 1.165) is 165 Å². The van der Waals surface area contributed by atoms with Gasteiger partial charge in [0, 0.05) is 48.5 Å². The van der Waals surface area contributed by atoms with Gasteiger partial charge in [-0.2, -0.15) is 10.5 Å². The number of rotatable bonds is 6. The molecule has 406 valence electrons. The first kappa shape index (κ1) is 48.1. The van der Waals surface area contributed by atoms with Crippen LogP contribution in [0.3, 0.4) is 0 Å². The lowest BCUT2D eigenvalue weighted by atomic mass is 10.0. The van der Waals surface area contributed by atoms with Crippen molar-refractivity contribution in [1.82, 2.24) is 13.7 Å². The van der Waals surface area contributed by atoms with E-state index in [0.29, 0.717) is 28.2 Å². The minimum Gasteiger partial charge on any atom is -0.455 e. The maximum atomic E-state index is 12.1. The van der Waals surface area contributed by atoms with Gasteiger partial charge in [0.1, 0.15) is 45.6 Å². The number of fused-ring (bicyclic) bond motifs is 21. The van der Waals surface area contributed by atoms with Crippen LogP contribution in [-0.4, -0.2) is 13.7 Å². The lowest BCUT2D eigenvalue weighted by Gasteiger charge is -2.24. The van der Waals surface area contributed by atoms with Gasteiger partial charge in [-0.25, -0.2) is 0 Å². The molecule has 0 atom stereocenters. The van der Waals surface area contributed by atoms with Crippen molar-refractivity contribution >= 4 is 131 Å². The highest BCUT2D eigenvalue weighted by molar-refractivity contribution is 6.28. The first-order valence-electron chi connectivity index (χ1n) is 29.4. The number of nitriles is 2. The Balaban J connectivity index is 1.05. The number of para-hydroxylation sites is 3. The summed E-state index contributed by atoms with van der Waals surface area (Å²) in [5, 5.41) is 35.8. The standard InChI is InChI=1S/C80H43N5O3/c81-44-52-40-53(45-82)76(84-64-35-29-50(47-18-6-2-7-19-47)42-61(64)73-67(84)38-32-58-55-23-11-14-26-70(55)87-79(58)73)77(85-65-36-30-51(48-20-8-3-9-21-48)43-62(65)74-68(85)39-33-59-56-24-12-15-27-71(56)88-80(59)74)75(52)83-63-34-28-49(46-16-4-1-5-17-46)41-60(63)72-66(83)37-31-57-54-22-10-13-25-69(54)86-78(57)72/h1-43H. The molecule has 6 heterocycles. The second-order valence-electron chi connectivity index (χ2n) is 22.8. The summed E-state index contributed by atoms with van der Waals surface area (Å²) in [6.07, 6.45) is 0. The molecular weight excluding hydrogens is 1080 g/mol. The summed E-state index contributed by atoms with van der Waals surface area (Å²) in [4.78, 5) is 0. The van der Waals surface area contributed by atoms with Gasteiger partial charge >= 0.3 is 0 Å². The summed E-state index contributed by atoms with van der Waals surface area (Å²) in [5.74, 6) is 0. The number of aromatic nitrogens is 3. The van der Waals surface area contributed by atoms with Gasteiger partial charge in [0.2, 0.25) is 0 Å². The molecule has 13 aromatic carbocycles. The molecule has 0 bridgehead atoms. The molecular formula is C80H43N5O3. The Morgan fingerprint density at radius 2 is 0.534 bits per heavy atom. The van der Waals surface area contributed by atoms with E-state index < -0.39 is 0 Å². The second-order valence-corrected chi connectivity index (χ2v) is 22.8. The Morgan fingerprint density at radius 1 is 0.239 bits per heavy atom. The number of hydrogen-bond acceptors (Lipinski definition) is 5. The predicted molar refractivity (Wildman–Crippen MR) is 357 cm³/mol. The number of benzene rings is 13. The average Bonchev–Trinajstić information content (AvgIpc) is 1.59. The molecule has 0 aliphatic carbocycles. The molecule has 88 heavy (non-hydrogen) atoms. The fourth-order valence-corrected chi connectivity index (χ4v) is 14.5. The van der Waals surface area contributed by atoms with Crippen LogP contribution in [0.25, 0.3) is 182 Å². The SMILES string of the molecule is N#Cc1cc(C#N)c(-n2c3ccc(-c4ccccc4)cc3c3c4oc5ccccc5c4ccc32)c(-n2c3ccc(-c4ccccc4)cc3c3c4oc5ccccc5c4ccc32)c1-n1c2ccc(-c3ccccc3)cc2c2c3oc4ccccc4c3ccc21. The van der Waals surface area contributed by atoms with E-state index in [1.54, 1.807) is 6.07 Å². The predicted octanol–water partition coefficient (Wildman–Crippen LogP) is 21.4. The van der Waals surface area contributed by atoms with Gasteiger partial charge in [-0.1, -0.05) is 164 Å². The van der Waals surface area contributed by atoms with E-state index in [4.69, 9.17) is 13.3 Å². The number of furan rings is 3. The molecule has 0 unspecified atom stereocenters. The second kappa shape index (κ2) is 18.1. The van der Waals surface area contributed by atoms with Crippen LogP contribution in [0.4, 0.5) is 0 Å². The fraction of sp³-hybridized carbons (Fsp3) is 0. The Kier molecular flexibility index (Phi) is 9.87. The lowest BCUT2D eigenvalue weighted by Crippen LogP contribution is -2.13. The third-order valence-electron chi connectivity index (χ3n) is 18.3. The Bertz CT molecular complexity index is 6050. The summed E-state index contributed by atoms with van der Waals surface area (Å²) in [7, 11) is 0. The van der Waals surface area contributed by atoms with Gasteiger partial charge in [0.25, 0.3) is 0 Å². The average molecular weight is 1120 g/mol. The lowest BCUT2D eigenvalue weighted by molar-refractivity contribution is 0.672. The Hall–Kier alpha value is -12.4. The Labute approximate surface area is 500 Å². The molecule has 8 nitrogen and oxygen atoms in total. The molecule has 0 saturated carbocycles. The largest absolute Gasteiger partial charge is 0.455 e. The molecule has 6 aromatic heterocycles. The van der Waals surface area contributed by atoms with E-state index in [2.05, 4.69) is 214 Å². The van der Waals surface area contributed by atoms with Crippen LogP contribution >= 0.6 is 0 Å². The minimum absolute atomic E-state index is 0.304. The third-order valence-corrected chi connectivity index (χ3v) is 18.3. The molecule has 19 rings (SSSR count). The zero-order chi connectivity index (χ0) is 57.9. The van der Waals surface area contributed by atoms with Crippen molar-refractivity contribution in [2.45, 2.75) is 0 Å². The van der Waals surface area contributed by atoms with Crippen molar-refractivity contribution in [3.8, 4) is 62.6 Å². The topological polar surface area (TPSA) is 102 Å². The monoisotopic (exact) mass is 1120 g/mol. The zero-order valence-corrected chi connectivity index (χ0v) is 46.8. The number of hydrogen-bond donors (Lipinski definition) is 0. The van der Waals surface area contributed by atoms with Gasteiger partial charge in [-0.05, 0) is 130 Å². The molecule has 0 saturated heterocycles. The maximum absolute atomic E-state index is 12.1. The van der Waals surface area contributed by atoms with Gasteiger partial charge in [0.15, 0.2) is 0 Å². The normalized spacial score (nSPS) is 12.1. The summed E-state index contributed by atoms with van der Waals surface area (Å²) in [6, 6.07) is 95.9. The molecule has 0 radical (unpaired) electrons. The van der Waals surface area contributed by atoms with Crippen LogP contribution in [0.1, 0.15) is 11.1 Å². The van der Waals surface area contributed by atoms with Crippen molar-refractivity contribution in [1.29, 1.82) is 10.5 Å².